The van der Waals surface area contributed by atoms with Crippen LogP contribution >= 0.6 is 0 Å². The molecule has 1 aliphatic rings. The predicted octanol–water partition coefficient (Wildman–Crippen LogP) is 3.42. The first-order valence-corrected chi connectivity index (χ1v) is 8.07. The molecule has 4 nitrogen and oxygen atoms in total. The van der Waals surface area contributed by atoms with Crippen LogP contribution in [0.3, 0.4) is 0 Å². The lowest BCUT2D eigenvalue weighted by Gasteiger charge is -2.31. The molecule has 1 saturated carbocycles. The van der Waals surface area contributed by atoms with Gasteiger partial charge in [0.15, 0.2) is 0 Å². The second-order valence-corrected chi connectivity index (χ2v) is 6.13. The Balaban J connectivity index is 1.93. The molecular formula is C16H29N3O. The lowest BCUT2D eigenvalue weighted by molar-refractivity contribution is -0.0615. The highest BCUT2D eigenvalue weighted by atomic mass is 16.5. The quantitative estimate of drug-likeness (QED) is 0.812. The summed E-state index contributed by atoms with van der Waals surface area (Å²) in [6.07, 6.45) is 10.4. The molecule has 0 bridgehead atoms. The van der Waals surface area contributed by atoms with E-state index in [1.54, 1.807) is 0 Å². The summed E-state index contributed by atoms with van der Waals surface area (Å²) in [5.41, 5.74) is 6.90. The highest BCUT2D eigenvalue weighted by molar-refractivity contribution is 4.99. The van der Waals surface area contributed by atoms with Gasteiger partial charge < -0.3 is 10.5 Å². The molecule has 1 aromatic heterocycles. The zero-order valence-electron chi connectivity index (χ0n) is 13.0. The van der Waals surface area contributed by atoms with Gasteiger partial charge in [0.05, 0.1) is 17.9 Å². The molecule has 1 aliphatic carbocycles. The first kappa shape index (κ1) is 15.5. The van der Waals surface area contributed by atoms with Crippen LogP contribution in [0.25, 0.3) is 0 Å². The van der Waals surface area contributed by atoms with Crippen molar-refractivity contribution in [2.75, 3.05) is 6.54 Å². The van der Waals surface area contributed by atoms with Crippen molar-refractivity contribution < 1.29 is 4.74 Å². The van der Waals surface area contributed by atoms with E-state index in [0.717, 1.165) is 25.0 Å². The molecule has 20 heavy (non-hydrogen) atoms. The molecule has 0 aliphatic heterocycles. The van der Waals surface area contributed by atoms with Gasteiger partial charge in [-0.3, -0.25) is 4.68 Å². The summed E-state index contributed by atoms with van der Waals surface area (Å²) in [5, 5.41) is 4.61. The zero-order valence-corrected chi connectivity index (χ0v) is 13.0. The largest absolute Gasteiger partial charge is 0.367 e. The van der Waals surface area contributed by atoms with Crippen LogP contribution < -0.4 is 5.73 Å². The third-order valence-corrected chi connectivity index (χ3v) is 4.62. The minimum Gasteiger partial charge on any atom is -0.367 e. The molecule has 1 atom stereocenters. The average Bonchev–Trinajstić information content (AvgIpc) is 2.83. The van der Waals surface area contributed by atoms with Gasteiger partial charge in [0.1, 0.15) is 0 Å². The Labute approximate surface area is 122 Å². The van der Waals surface area contributed by atoms with Gasteiger partial charge in [-0.2, -0.15) is 5.10 Å². The van der Waals surface area contributed by atoms with Gasteiger partial charge in [0.25, 0.3) is 0 Å². The van der Waals surface area contributed by atoms with E-state index in [2.05, 4.69) is 31.2 Å². The summed E-state index contributed by atoms with van der Waals surface area (Å²) in [6.45, 7) is 5.57. The summed E-state index contributed by atoms with van der Waals surface area (Å²) < 4.78 is 8.24. The molecule has 1 aromatic rings. The lowest BCUT2D eigenvalue weighted by Crippen LogP contribution is -2.40. The van der Waals surface area contributed by atoms with Crippen molar-refractivity contribution in [1.29, 1.82) is 0 Å². The van der Waals surface area contributed by atoms with Crippen LogP contribution in [0.1, 0.15) is 70.5 Å². The van der Waals surface area contributed by atoms with Gasteiger partial charge in [-0.05, 0) is 32.3 Å². The Kier molecular flexibility index (Phi) is 5.61. The Morgan fingerprint density at radius 1 is 1.35 bits per heavy atom. The van der Waals surface area contributed by atoms with Crippen LogP contribution in [0.2, 0.25) is 0 Å². The fraction of sp³-hybridized carbons (Fsp3) is 0.812. The second-order valence-electron chi connectivity index (χ2n) is 6.13. The predicted molar refractivity (Wildman–Crippen MR) is 81.5 cm³/mol. The van der Waals surface area contributed by atoms with E-state index in [9.17, 15) is 0 Å². The number of hydrogen-bond acceptors (Lipinski definition) is 3. The van der Waals surface area contributed by atoms with Crippen LogP contribution in [0, 0.1) is 0 Å². The highest BCUT2D eigenvalue weighted by Gasteiger charge is 2.30. The normalized spacial score (nSPS) is 20.6. The van der Waals surface area contributed by atoms with E-state index >= 15 is 0 Å². The van der Waals surface area contributed by atoms with Crippen LogP contribution in [-0.2, 0) is 11.3 Å². The zero-order chi connectivity index (χ0) is 14.4. The smallest absolute Gasteiger partial charge is 0.0914 e. The fourth-order valence-electron chi connectivity index (χ4n) is 2.89. The van der Waals surface area contributed by atoms with Crippen molar-refractivity contribution in [2.45, 2.75) is 77.0 Å². The van der Waals surface area contributed by atoms with Crippen LogP contribution in [-0.4, -0.2) is 21.9 Å². The first-order valence-electron chi connectivity index (χ1n) is 8.07. The van der Waals surface area contributed by atoms with Gasteiger partial charge >= 0.3 is 0 Å². The van der Waals surface area contributed by atoms with E-state index in [1.165, 1.54) is 25.7 Å². The van der Waals surface area contributed by atoms with Crippen molar-refractivity contribution >= 4 is 0 Å². The summed E-state index contributed by atoms with van der Waals surface area (Å²) in [5.74, 6) is 0. The van der Waals surface area contributed by atoms with Gasteiger partial charge in [-0.25, -0.2) is 0 Å². The maximum atomic E-state index is 6.21. The number of nitrogens with two attached hydrogens (primary N) is 1. The maximum Gasteiger partial charge on any atom is 0.0914 e. The van der Waals surface area contributed by atoms with Gasteiger partial charge in [0, 0.05) is 18.8 Å². The lowest BCUT2D eigenvalue weighted by atomic mass is 9.94. The molecule has 4 heteroatoms. The SMILES string of the molecule is CCC(C)n1ccc(COC2(CN)CCCCCC2)n1. The van der Waals surface area contributed by atoms with Crippen molar-refractivity contribution in [3.8, 4) is 0 Å². The number of aromatic nitrogens is 2. The van der Waals surface area contributed by atoms with E-state index in [4.69, 9.17) is 10.5 Å². The number of hydrogen-bond donors (Lipinski definition) is 1. The maximum absolute atomic E-state index is 6.21. The van der Waals surface area contributed by atoms with E-state index in [1.807, 2.05) is 4.68 Å². The van der Waals surface area contributed by atoms with E-state index in [0.29, 0.717) is 19.2 Å². The fourth-order valence-corrected chi connectivity index (χ4v) is 2.89. The highest BCUT2D eigenvalue weighted by Crippen LogP contribution is 2.30. The first-order chi connectivity index (χ1) is 9.69. The molecular weight excluding hydrogens is 250 g/mol. The minimum atomic E-state index is -0.114. The number of ether oxygens (including phenoxy) is 1. The average molecular weight is 279 g/mol. The molecule has 1 unspecified atom stereocenters. The Hall–Kier alpha value is -0.870. The molecule has 114 valence electrons. The van der Waals surface area contributed by atoms with E-state index in [-0.39, 0.29) is 5.60 Å². The van der Waals surface area contributed by atoms with Crippen molar-refractivity contribution in [3.63, 3.8) is 0 Å². The Morgan fingerprint density at radius 3 is 2.65 bits per heavy atom. The molecule has 2 rings (SSSR count). The molecule has 0 amide bonds. The number of rotatable bonds is 6. The molecule has 0 radical (unpaired) electrons. The standard InChI is InChI=1S/C16H29N3O/c1-3-14(2)19-11-8-15(18-19)12-20-16(13-17)9-6-4-5-7-10-16/h8,11,14H,3-7,9-10,12-13,17H2,1-2H3. The van der Waals surface area contributed by atoms with Gasteiger partial charge in [0.2, 0.25) is 0 Å². The van der Waals surface area contributed by atoms with Crippen molar-refractivity contribution in [2.24, 2.45) is 5.73 Å². The van der Waals surface area contributed by atoms with Crippen LogP contribution in [0.5, 0.6) is 0 Å². The third-order valence-electron chi connectivity index (χ3n) is 4.62. The van der Waals surface area contributed by atoms with Crippen LogP contribution in [0.4, 0.5) is 0 Å². The molecule has 0 aromatic carbocycles. The molecule has 2 N–H and O–H groups in total. The minimum absolute atomic E-state index is 0.114. The molecule has 0 spiro atoms. The van der Waals surface area contributed by atoms with Gasteiger partial charge in [-0.1, -0.05) is 32.6 Å². The summed E-state index contributed by atoms with van der Waals surface area (Å²) in [6, 6.07) is 2.51. The molecule has 1 heterocycles. The summed E-state index contributed by atoms with van der Waals surface area (Å²) in [4.78, 5) is 0. The monoisotopic (exact) mass is 279 g/mol. The van der Waals surface area contributed by atoms with Crippen molar-refractivity contribution in [3.05, 3.63) is 18.0 Å². The van der Waals surface area contributed by atoms with E-state index < -0.39 is 0 Å². The molecule has 0 saturated heterocycles. The number of nitrogens with zero attached hydrogens (tertiary/aromatic N) is 2. The summed E-state index contributed by atoms with van der Waals surface area (Å²) in [7, 11) is 0. The van der Waals surface area contributed by atoms with Crippen molar-refractivity contribution in [1.82, 2.24) is 9.78 Å². The Morgan fingerprint density at radius 2 is 2.05 bits per heavy atom. The van der Waals surface area contributed by atoms with Gasteiger partial charge in [-0.15, -0.1) is 0 Å². The third kappa shape index (κ3) is 3.83. The Bertz CT molecular complexity index is 394. The summed E-state index contributed by atoms with van der Waals surface area (Å²) >= 11 is 0. The topological polar surface area (TPSA) is 53.1 Å². The molecule has 1 fully saturated rings. The van der Waals surface area contributed by atoms with Crippen LogP contribution in [0.15, 0.2) is 12.3 Å². The second kappa shape index (κ2) is 7.23.